The van der Waals surface area contributed by atoms with Gasteiger partial charge < -0.3 is 4.90 Å². The first-order valence-corrected chi connectivity index (χ1v) is 17.9. The number of hydrogen-bond donors (Lipinski definition) is 1. The molecule has 0 spiro atoms. The van der Waals surface area contributed by atoms with Crippen LogP contribution in [-0.2, 0) is 21.2 Å². The molecule has 4 aromatic rings. The van der Waals surface area contributed by atoms with Crippen LogP contribution in [0.2, 0.25) is 0 Å². The first-order valence-electron chi connectivity index (χ1n) is 16.4. The zero-order valence-corrected chi connectivity index (χ0v) is 27.1. The Bertz CT molecular complexity index is 1680. The minimum Gasteiger partial charge on any atom is -0.345 e. The van der Waals surface area contributed by atoms with Crippen molar-refractivity contribution in [3.8, 4) is 0 Å². The van der Waals surface area contributed by atoms with Gasteiger partial charge in [0.25, 0.3) is 0 Å². The zero-order chi connectivity index (χ0) is 31.3. The van der Waals surface area contributed by atoms with Crippen LogP contribution in [0.25, 0.3) is 10.8 Å². The lowest BCUT2D eigenvalue weighted by atomic mass is 9.72. The number of amides is 1. The Kier molecular flexibility index (Phi) is 9.69. The summed E-state index contributed by atoms with van der Waals surface area (Å²) in [6.07, 6.45) is 8.20. The van der Waals surface area contributed by atoms with Gasteiger partial charge in [-0.25, -0.2) is 13.1 Å². The molecule has 1 heterocycles. The van der Waals surface area contributed by atoms with Gasteiger partial charge in [-0.1, -0.05) is 91.0 Å². The average molecular weight is 624 g/mol. The van der Waals surface area contributed by atoms with Gasteiger partial charge in [-0.15, -0.1) is 0 Å². The smallest absolute Gasteiger partial charge is 0.241 e. The molecule has 45 heavy (non-hydrogen) atoms. The molecule has 1 N–H and O–H groups in total. The second-order valence-electron chi connectivity index (χ2n) is 13.1. The van der Waals surface area contributed by atoms with E-state index in [4.69, 9.17) is 0 Å². The van der Waals surface area contributed by atoms with E-state index in [9.17, 15) is 13.2 Å². The molecule has 1 unspecified atom stereocenters. The highest BCUT2D eigenvalue weighted by Crippen LogP contribution is 2.41. The monoisotopic (exact) mass is 623 g/mol. The first-order chi connectivity index (χ1) is 21.8. The van der Waals surface area contributed by atoms with E-state index in [-0.39, 0.29) is 22.8 Å². The maximum absolute atomic E-state index is 13.7. The van der Waals surface area contributed by atoms with Crippen LogP contribution in [0.3, 0.4) is 0 Å². The Morgan fingerprint density at radius 1 is 0.867 bits per heavy atom. The van der Waals surface area contributed by atoms with Crippen molar-refractivity contribution >= 4 is 26.7 Å². The van der Waals surface area contributed by atoms with Crippen LogP contribution in [0.4, 0.5) is 0 Å². The van der Waals surface area contributed by atoms with Crippen molar-refractivity contribution in [3.05, 3.63) is 114 Å². The van der Waals surface area contributed by atoms with Crippen molar-refractivity contribution in [1.29, 1.82) is 0 Å². The van der Waals surface area contributed by atoms with E-state index in [0.717, 1.165) is 48.4 Å². The van der Waals surface area contributed by atoms with Gasteiger partial charge in [-0.3, -0.25) is 9.69 Å². The van der Waals surface area contributed by atoms with E-state index < -0.39 is 16.1 Å². The van der Waals surface area contributed by atoms with Crippen molar-refractivity contribution in [1.82, 2.24) is 14.5 Å². The Balaban J connectivity index is 1.11. The van der Waals surface area contributed by atoms with Crippen LogP contribution < -0.4 is 4.72 Å². The van der Waals surface area contributed by atoms with Gasteiger partial charge >= 0.3 is 0 Å². The highest BCUT2D eigenvalue weighted by Gasteiger charge is 2.41. The Hall–Kier alpha value is -3.52. The summed E-state index contributed by atoms with van der Waals surface area (Å²) in [7, 11) is -2.00. The van der Waals surface area contributed by atoms with Gasteiger partial charge in [-0.05, 0) is 98.0 Å². The molecule has 6 nitrogen and oxygen atoms in total. The molecule has 236 valence electrons. The number of sulfonamides is 1. The third-order valence-corrected chi connectivity index (χ3v) is 11.5. The summed E-state index contributed by atoms with van der Waals surface area (Å²) in [5.74, 6) is 0.389. The summed E-state index contributed by atoms with van der Waals surface area (Å²) in [4.78, 5) is 18.4. The predicted octanol–water partition coefficient (Wildman–Crippen LogP) is 6.98. The third-order valence-electron chi connectivity index (χ3n) is 10.1. The van der Waals surface area contributed by atoms with Crippen molar-refractivity contribution in [2.45, 2.75) is 67.8 Å². The Morgan fingerprint density at radius 3 is 2.18 bits per heavy atom. The van der Waals surface area contributed by atoms with Gasteiger partial charge in [0.1, 0.15) is 0 Å². The van der Waals surface area contributed by atoms with E-state index in [1.165, 1.54) is 31.5 Å². The number of nitrogens with zero attached hydrogens (tertiary/aromatic N) is 2. The second kappa shape index (κ2) is 13.9. The number of hydrogen-bond acceptors (Lipinski definition) is 4. The van der Waals surface area contributed by atoms with Gasteiger partial charge in [0.15, 0.2) is 0 Å². The van der Waals surface area contributed by atoms with Crippen LogP contribution >= 0.6 is 0 Å². The van der Waals surface area contributed by atoms with Crippen LogP contribution in [0.15, 0.2) is 108 Å². The summed E-state index contributed by atoms with van der Waals surface area (Å²) < 4.78 is 30.0. The zero-order valence-electron chi connectivity index (χ0n) is 26.3. The van der Waals surface area contributed by atoms with Crippen LogP contribution in [0, 0.1) is 5.92 Å². The normalized spacial score (nSPS) is 21.5. The molecule has 0 radical (unpaired) electrons. The minimum atomic E-state index is -3.87. The molecule has 1 aliphatic heterocycles. The Morgan fingerprint density at radius 2 is 1.49 bits per heavy atom. The first kappa shape index (κ1) is 31.5. The number of nitrogens with one attached hydrogen (secondary N) is 1. The maximum Gasteiger partial charge on any atom is 0.241 e. The molecule has 6 rings (SSSR count). The van der Waals surface area contributed by atoms with E-state index in [1.54, 1.807) is 12.1 Å². The fourth-order valence-corrected chi connectivity index (χ4v) is 8.75. The van der Waals surface area contributed by atoms with E-state index in [1.807, 2.05) is 72.6 Å². The molecular formula is C38H45N3O3S. The number of carbonyl (C=O) groups is 1. The quantitative estimate of drug-likeness (QED) is 0.196. The molecule has 1 atom stereocenters. The molecule has 2 fully saturated rings. The molecule has 4 aromatic carbocycles. The number of likely N-dealkylation sites (tertiary alicyclic amines) is 1. The van der Waals surface area contributed by atoms with Crippen molar-refractivity contribution in [2.24, 2.45) is 5.92 Å². The third kappa shape index (κ3) is 7.49. The highest BCUT2D eigenvalue weighted by atomic mass is 32.2. The minimum absolute atomic E-state index is 0.0503. The van der Waals surface area contributed by atoms with Crippen LogP contribution in [-0.4, -0.2) is 56.3 Å². The number of fused-ring (bicyclic) bond motifs is 1. The standard InChI is InChI=1S/C38H45N3O3S/c1-40(29-31-20-22-38(23-21-31,41-24-10-11-25-41)28-30-12-4-2-5-13-30)37(42)27-36(33-15-6-3-7-16-33)39-45(43,44)35-19-18-32-14-8-9-17-34(32)26-35/h2-9,12-19,26,31,36,39H,10-11,20-25,27-29H2,1H3. The lowest BCUT2D eigenvalue weighted by Gasteiger charge is -2.47. The Labute approximate surface area is 268 Å². The SMILES string of the molecule is CN(CC1CCC(Cc2ccccc2)(N2CCCC2)CC1)C(=O)CC(NS(=O)(=O)c1ccc2ccccc2c1)c1ccccc1. The van der Waals surface area contributed by atoms with E-state index in [2.05, 4.69) is 40.0 Å². The predicted molar refractivity (Wildman–Crippen MR) is 181 cm³/mol. The molecule has 0 aromatic heterocycles. The molecule has 1 amide bonds. The van der Waals surface area contributed by atoms with Crippen molar-refractivity contribution in [2.75, 3.05) is 26.7 Å². The van der Waals surface area contributed by atoms with Gasteiger partial charge in [0.05, 0.1) is 10.9 Å². The van der Waals surface area contributed by atoms with Crippen LogP contribution in [0.5, 0.6) is 0 Å². The average Bonchev–Trinajstić information content (AvgIpc) is 3.62. The molecule has 7 heteroatoms. The van der Waals surface area contributed by atoms with Crippen LogP contribution in [0.1, 0.15) is 62.1 Å². The number of rotatable bonds is 11. The summed E-state index contributed by atoms with van der Waals surface area (Å²) >= 11 is 0. The molecule has 2 aliphatic rings. The van der Waals surface area contributed by atoms with Crippen molar-refractivity contribution in [3.63, 3.8) is 0 Å². The summed E-state index contributed by atoms with van der Waals surface area (Å²) in [5, 5.41) is 1.84. The topological polar surface area (TPSA) is 69.7 Å². The lowest BCUT2D eigenvalue weighted by Crippen LogP contribution is -2.52. The number of carbonyl (C=O) groups excluding carboxylic acids is 1. The molecule has 0 bridgehead atoms. The molecule has 1 saturated heterocycles. The highest BCUT2D eigenvalue weighted by molar-refractivity contribution is 7.89. The van der Waals surface area contributed by atoms with Crippen molar-refractivity contribution < 1.29 is 13.2 Å². The van der Waals surface area contributed by atoms with Gasteiger partial charge in [0, 0.05) is 25.6 Å². The van der Waals surface area contributed by atoms with Gasteiger partial charge in [0.2, 0.25) is 15.9 Å². The lowest BCUT2D eigenvalue weighted by molar-refractivity contribution is -0.131. The summed E-state index contributed by atoms with van der Waals surface area (Å²) in [5.41, 5.74) is 2.39. The van der Waals surface area contributed by atoms with E-state index in [0.29, 0.717) is 12.5 Å². The second-order valence-corrected chi connectivity index (χ2v) is 14.8. The number of benzene rings is 4. The maximum atomic E-state index is 13.7. The largest absolute Gasteiger partial charge is 0.345 e. The molecular weight excluding hydrogens is 579 g/mol. The molecule has 1 aliphatic carbocycles. The summed E-state index contributed by atoms with van der Waals surface area (Å²) in [6, 6.07) is 32.5. The van der Waals surface area contributed by atoms with Gasteiger partial charge in [-0.2, -0.15) is 0 Å². The van der Waals surface area contributed by atoms with E-state index >= 15 is 0 Å². The fraction of sp³-hybridized carbons (Fsp3) is 0.395. The fourth-order valence-electron chi connectivity index (χ4n) is 7.49. The summed E-state index contributed by atoms with van der Waals surface area (Å²) in [6.45, 7) is 3.07. The molecule has 1 saturated carbocycles.